The number of benzene rings is 1. The first-order chi connectivity index (χ1) is 7.54. The van der Waals surface area contributed by atoms with Gasteiger partial charge in [-0.25, -0.2) is 4.39 Å². The molecule has 0 heterocycles. The molecular formula is C11H15FN2O2. The van der Waals surface area contributed by atoms with Crippen molar-refractivity contribution in [2.75, 3.05) is 33.1 Å². The van der Waals surface area contributed by atoms with E-state index in [-0.39, 0.29) is 18.3 Å². The number of hydrogen-bond donors (Lipinski definition) is 1. The van der Waals surface area contributed by atoms with Gasteiger partial charge in [0.2, 0.25) is 5.91 Å². The minimum atomic E-state index is -0.374. The van der Waals surface area contributed by atoms with E-state index in [2.05, 4.69) is 5.32 Å². The van der Waals surface area contributed by atoms with E-state index in [0.717, 1.165) is 0 Å². The maximum absolute atomic E-state index is 13.0. The van der Waals surface area contributed by atoms with Crippen LogP contribution in [-0.4, -0.2) is 38.6 Å². The average molecular weight is 226 g/mol. The molecule has 4 nitrogen and oxygen atoms in total. The number of nitrogens with zero attached hydrogens (tertiary/aromatic N) is 1. The van der Waals surface area contributed by atoms with Gasteiger partial charge in [0.1, 0.15) is 11.6 Å². The van der Waals surface area contributed by atoms with Crippen molar-refractivity contribution >= 4 is 11.6 Å². The molecule has 0 bridgehead atoms. The molecule has 1 aromatic rings. The molecule has 88 valence electrons. The van der Waals surface area contributed by atoms with Gasteiger partial charge in [-0.05, 0) is 12.1 Å². The number of likely N-dealkylation sites (N-methyl/N-ethyl adjacent to an activating group) is 1. The Morgan fingerprint density at radius 3 is 2.75 bits per heavy atom. The molecule has 0 saturated carbocycles. The van der Waals surface area contributed by atoms with Gasteiger partial charge in [0.15, 0.2) is 0 Å². The molecule has 1 N–H and O–H groups in total. The quantitative estimate of drug-likeness (QED) is 0.842. The third-order valence-corrected chi connectivity index (χ3v) is 2.09. The van der Waals surface area contributed by atoms with E-state index in [1.807, 2.05) is 0 Å². The zero-order valence-corrected chi connectivity index (χ0v) is 9.58. The molecule has 0 atom stereocenters. The van der Waals surface area contributed by atoms with Crippen molar-refractivity contribution in [3.63, 3.8) is 0 Å². The lowest BCUT2D eigenvalue weighted by atomic mass is 10.3. The van der Waals surface area contributed by atoms with Crippen LogP contribution in [0.2, 0.25) is 0 Å². The molecule has 1 amide bonds. The number of carbonyl (C=O) groups excluding carboxylic acids is 1. The fourth-order valence-corrected chi connectivity index (χ4v) is 1.15. The van der Waals surface area contributed by atoms with Crippen LogP contribution in [0.1, 0.15) is 0 Å². The van der Waals surface area contributed by atoms with Crippen LogP contribution in [0.15, 0.2) is 18.2 Å². The van der Waals surface area contributed by atoms with Crippen LogP contribution in [0.3, 0.4) is 0 Å². The van der Waals surface area contributed by atoms with Gasteiger partial charge in [-0.3, -0.25) is 4.79 Å². The van der Waals surface area contributed by atoms with Gasteiger partial charge in [-0.15, -0.1) is 0 Å². The molecule has 1 aromatic carbocycles. The Kier molecular flexibility index (Phi) is 4.10. The van der Waals surface area contributed by atoms with Crippen LogP contribution in [0.4, 0.5) is 10.1 Å². The second kappa shape index (κ2) is 5.34. The Balaban J connectivity index is 2.72. The summed E-state index contributed by atoms with van der Waals surface area (Å²) in [5.41, 5.74) is 0.470. The van der Waals surface area contributed by atoms with Crippen LogP contribution < -0.4 is 10.1 Å². The van der Waals surface area contributed by atoms with E-state index in [1.165, 1.54) is 30.2 Å². The van der Waals surface area contributed by atoms with Gasteiger partial charge < -0.3 is 15.0 Å². The van der Waals surface area contributed by atoms with Crippen molar-refractivity contribution < 1.29 is 13.9 Å². The first-order valence-electron chi connectivity index (χ1n) is 4.82. The smallest absolute Gasteiger partial charge is 0.241 e. The first kappa shape index (κ1) is 12.3. The number of carbonyl (C=O) groups is 1. The van der Waals surface area contributed by atoms with Crippen LogP contribution in [0.5, 0.6) is 5.75 Å². The SMILES string of the molecule is COc1ccc(F)cc1NCC(=O)N(C)C. The maximum atomic E-state index is 13.0. The lowest BCUT2D eigenvalue weighted by molar-refractivity contribution is -0.126. The number of hydrogen-bond acceptors (Lipinski definition) is 3. The lowest BCUT2D eigenvalue weighted by Crippen LogP contribution is -2.28. The Morgan fingerprint density at radius 1 is 1.50 bits per heavy atom. The van der Waals surface area contributed by atoms with Crippen molar-refractivity contribution in [2.45, 2.75) is 0 Å². The normalized spacial score (nSPS) is 9.75. The van der Waals surface area contributed by atoms with E-state index >= 15 is 0 Å². The molecule has 1 rings (SSSR count). The fraction of sp³-hybridized carbons (Fsp3) is 0.364. The Morgan fingerprint density at radius 2 is 2.19 bits per heavy atom. The number of anilines is 1. The number of nitrogens with one attached hydrogen (secondary N) is 1. The van der Waals surface area contributed by atoms with E-state index in [1.54, 1.807) is 14.1 Å². The summed E-state index contributed by atoms with van der Waals surface area (Å²) in [6.45, 7) is 0.104. The third-order valence-electron chi connectivity index (χ3n) is 2.09. The molecule has 0 aliphatic carbocycles. The zero-order valence-electron chi connectivity index (χ0n) is 9.58. The molecule has 0 radical (unpaired) electrons. The molecule has 0 aromatic heterocycles. The van der Waals surface area contributed by atoms with Crippen molar-refractivity contribution in [2.24, 2.45) is 0 Å². The third kappa shape index (κ3) is 3.12. The average Bonchev–Trinajstić information content (AvgIpc) is 2.25. The minimum absolute atomic E-state index is 0.0914. The summed E-state index contributed by atoms with van der Waals surface area (Å²) in [6, 6.07) is 4.11. The highest BCUT2D eigenvalue weighted by Gasteiger charge is 2.07. The van der Waals surface area contributed by atoms with E-state index in [0.29, 0.717) is 11.4 Å². The first-order valence-corrected chi connectivity index (χ1v) is 4.82. The number of methoxy groups -OCH3 is 1. The van der Waals surface area contributed by atoms with Crippen LogP contribution in [0.25, 0.3) is 0 Å². The number of amides is 1. The van der Waals surface area contributed by atoms with E-state index in [9.17, 15) is 9.18 Å². The standard InChI is InChI=1S/C11H15FN2O2/c1-14(2)11(15)7-13-9-6-8(12)4-5-10(9)16-3/h4-6,13H,7H2,1-3H3. The largest absolute Gasteiger partial charge is 0.495 e. The maximum Gasteiger partial charge on any atom is 0.241 e. The van der Waals surface area contributed by atoms with Crippen LogP contribution in [0, 0.1) is 5.82 Å². The summed E-state index contributed by atoms with van der Waals surface area (Å²) in [4.78, 5) is 12.8. The number of rotatable bonds is 4. The van der Waals surface area contributed by atoms with Crippen LogP contribution in [-0.2, 0) is 4.79 Å². The Hall–Kier alpha value is -1.78. The van der Waals surface area contributed by atoms with Gasteiger partial charge in [0.25, 0.3) is 0 Å². The molecule has 5 heteroatoms. The van der Waals surface area contributed by atoms with Crippen molar-refractivity contribution in [1.29, 1.82) is 0 Å². The second-order valence-corrected chi connectivity index (χ2v) is 3.49. The highest BCUT2D eigenvalue weighted by Crippen LogP contribution is 2.24. The summed E-state index contributed by atoms with van der Waals surface area (Å²) >= 11 is 0. The minimum Gasteiger partial charge on any atom is -0.495 e. The van der Waals surface area contributed by atoms with Crippen molar-refractivity contribution in [3.05, 3.63) is 24.0 Å². The Labute approximate surface area is 94.0 Å². The summed E-state index contributed by atoms with van der Waals surface area (Å²) in [6.07, 6.45) is 0. The fourth-order valence-electron chi connectivity index (χ4n) is 1.15. The second-order valence-electron chi connectivity index (χ2n) is 3.49. The predicted molar refractivity (Wildman–Crippen MR) is 60.1 cm³/mol. The summed E-state index contributed by atoms with van der Waals surface area (Å²) in [5.74, 6) is 0.0415. The highest BCUT2D eigenvalue weighted by atomic mass is 19.1. The van der Waals surface area contributed by atoms with Gasteiger partial charge in [0, 0.05) is 20.2 Å². The van der Waals surface area contributed by atoms with Gasteiger partial charge in [-0.2, -0.15) is 0 Å². The van der Waals surface area contributed by atoms with Gasteiger partial charge in [0.05, 0.1) is 19.3 Å². The van der Waals surface area contributed by atoms with Gasteiger partial charge in [-0.1, -0.05) is 0 Å². The molecule has 0 aliphatic rings. The number of ether oxygens (including phenoxy) is 1. The predicted octanol–water partition coefficient (Wildman–Crippen LogP) is 1.33. The Bertz CT molecular complexity index is 380. The summed E-state index contributed by atoms with van der Waals surface area (Å²) in [7, 11) is 4.81. The van der Waals surface area contributed by atoms with E-state index in [4.69, 9.17) is 4.74 Å². The molecule has 0 saturated heterocycles. The topological polar surface area (TPSA) is 41.6 Å². The summed E-state index contributed by atoms with van der Waals surface area (Å²) < 4.78 is 18.0. The lowest BCUT2D eigenvalue weighted by Gasteiger charge is -2.13. The van der Waals surface area contributed by atoms with Gasteiger partial charge >= 0.3 is 0 Å². The van der Waals surface area contributed by atoms with Crippen LogP contribution >= 0.6 is 0 Å². The molecular weight excluding hydrogens is 211 g/mol. The molecule has 0 spiro atoms. The van der Waals surface area contributed by atoms with Crippen molar-refractivity contribution in [1.82, 2.24) is 4.90 Å². The molecule has 16 heavy (non-hydrogen) atoms. The van der Waals surface area contributed by atoms with Crippen molar-refractivity contribution in [3.8, 4) is 5.75 Å². The zero-order chi connectivity index (χ0) is 12.1. The molecule has 0 fully saturated rings. The summed E-state index contributed by atoms with van der Waals surface area (Å²) in [5, 5.41) is 2.83. The monoisotopic (exact) mass is 226 g/mol. The van der Waals surface area contributed by atoms with E-state index < -0.39 is 0 Å². The molecule has 0 unspecified atom stereocenters. The number of halogens is 1. The molecule has 0 aliphatic heterocycles. The highest BCUT2D eigenvalue weighted by molar-refractivity contribution is 5.80.